The fourth-order valence-corrected chi connectivity index (χ4v) is 2.02. The molecule has 1 amide bonds. The quantitative estimate of drug-likeness (QED) is 0.898. The van der Waals surface area contributed by atoms with Crippen LogP contribution in [0.2, 0.25) is 0 Å². The molecule has 0 bridgehead atoms. The monoisotopic (exact) mass is 337 g/mol. The molecule has 2 aromatic heterocycles. The van der Waals surface area contributed by atoms with Gasteiger partial charge in [-0.05, 0) is 42.8 Å². The summed E-state index contributed by atoms with van der Waals surface area (Å²) in [5.41, 5.74) is 0.534. The average molecular weight is 338 g/mol. The van der Waals surface area contributed by atoms with Crippen LogP contribution in [0.3, 0.4) is 0 Å². The Morgan fingerprint density at radius 1 is 1.40 bits per heavy atom. The molecule has 20 heavy (non-hydrogen) atoms. The number of carbonyl (C=O) groups is 1. The van der Waals surface area contributed by atoms with Crippen molar-refractivity contribution in [3.8, 4) is 11.4 Å². The predicted octanol–water partition coefficient (Wildman–Crippen LogP) is 2.09. The highest BCUT2D eigenvalue weighted by Crippen LogP contribution is 2.18. The second kappa shape index (κ2) is 5.70. The number of aromatic nitrogens is 4. The SMILES string of the molecule is CC(C)(C)NC(=O)Cc1nc(-c2cncc(Br)c2)n[nH]1. The smallest absolute Gasteiger partial charge is 0.228 e. The number of aromatic amines is 1. The second-order valence-electron chi connectivity index (χ2n) is 5.47. The van der Waals surface area contributed by atoms with Gasteiger partial charge in [-0.3, -0.25) is 14.9 Å². The minimum absolute atomic E-state index is 0.0902. The summed E-state index contributed by atoms with van der Waals surface area (Å²) in [4.78, 5) is 20.2. The first-order valence-electron chi connectivity index (χ1n) is 6.17. The van der Waals surface area contributed by atoms with Crippen LogP contribution in [0.4, 0.5) is 0 Å². The lowest BCUT2D eigenvalue weighted by atomic mass is 10.1. The summed E-state index contributed by atoms with van der Waals surface area (Å²) in [6.45, 7) is 5.80. The molecule has 0 saturated carbocycles. The Balaban J connectivity index is 2.08. The van der Waals surface area contributed by atoms with E-state index in [9.17, 15) is 4.79 Å². The largest absolute Gasteiger partial charge is 0.351 e. The van der Waals surface area contributed by atoms with Gasteiger partial charge in [-0.25, -0.2) is 4.98 Å². The number of amides is 1. The Hall–Kier alpha value is -1.76. The molecule has 0 aromatic carbocycles. The molecule has 0 atom stereocenters. The van der Waals surface area contributed by atoms with Gasteiger partial charge in [0.1, 0.15) is 5.82 Å². The van der Waals surface area contributed by atoms with Gasteiger partial charge in [0.2, 0.25) is 5.91 Å². The van der Waals surface area contributed by atoms with Crippen LogP contribution in [-0.2, 0) is 11.2 Å². The van der Waals surface area contributed by atoms with Gasteiger partial charge in [0.05, 0.1) is 6.42 Å². The molecule has 0 spiro atoms. The summed E-state index contributed by atoms with van der Waals surface area (Å²) in [5, 5.41) is 9.75. The van der Waals surface area contributed by atoms with Gasteiger partial charge in [0.15, 0.2) is 5.82 Å². The number of pyridine rings is 1. The third-order valence-electron chi connectivity index (χ3n) is 2.34. The molecule has 0 saturated heterocycles. The fraction of sp³-hybridized carbons (Fsp3) is 0.385. The van der Waals surface area contributed by atoms with Crippen molar-refractivity contribution in [3.63, 3.8) is 0 Å². The van der Waals surface area contributed by atoms with Crippen molar-refractivity contribution in [3.05, 3.63) is 28.8 Å². The minimum atomic E-state index is -0.256. The molecule has 0 radical (unpaired) electrons. The highest BCUT2D eigenvalue weighted by Gasteiger charge is 2.16. The van der Waals surface area contributed by atoms with Gasteiger partial charge in [-0.15, -0.1) is 0 Å². The van der Waals surface area contributed by atoms with E-state index in [1.807, 2.05) is 26.8 Å². The summed E-state index contributed by atoms with van der Waals surface area (Å²) in [6, 6.07) is 1.87. The maximum atomic E-state index is 11.8. The number of hydrogen-bond acceptors (Lipinski definition) is 4. The topological polar surface area (TPSA) is 83.6 Å². The minimum Gasteiger partial charge on any atom is -0.351 e. The highest BCUT2D eigenvalue weighted by atomic mass is 79.9. The molecule has 6 nitrogen and oxygen atoms in total. The van der Waals surface area contributed by atoms with Gasteiger partial charge < -0.3 is 5.32 Å². The van der Waals surface area contributed by atoms with E-state index in [1.165, 1.54) is 0 Å². The Morgan fingerprint density at radius 3 is 2.80 bits per heavy atom. The van der Waals surface area contributed by atoms with E-state index < -0.39 is 0 Å². The van der Waals surface area contributed by atoms with Crippen molar-refractivity contribution < 1.29 is 4.79 Å². The van der Waals surface area contributed by atoms with Crippen LogP contribution < -0.4 is 5.32 Å². The third kappa shape index (κ3) is 4.12. The number of nitrogens with one attached hydrogen (secondary N) is 2. The summed E-state index contributed by atoms with van der Waals surface area (Å²) in [6.07, 6.45) is 3.53. The lowest BCUT2D eigenvalue weighted by molar-refractivity contribution is -0.121. The first kappa shape index (κ1) is 14.6. The number of H-pyrrole nitrogens is 1. The van der Waals surface area contributed by atoms with Crippen molar-refractivity contribution in [2.75, 3.05) is 0 Å². The summed E-state index contributed by atoms with van der Waals surface area (Å²) >= 11 is 3.35. The maximum Gasteiger partial charge on any atom is 0.228 e. The lowest BCUT2D eigenvalue weighted by Crippen LogP contribution is -2.41. The summed E-state index contributed by atoms with van der Waals surface area (Å²) in [7, 11) is 0. The average Bonchev–Trinajstić information content (AvgIpc) is 2.74. The predicted molar refractivity (Wildman–Crippen MR) is 78.9 cm³/mol. The van der Waals surface area contributed by atoms with Crippen LogP contribution in [0, 0.1) is 0 Å². The van der Waals surface area contributed by atoms with Crippen molar-refractivity contribution >= 4 is 21.8 Å². The lowest BCUT2D eigenvalue weighted by Gasteiger charge is -2.19. The van der Waals surface area contributed by atoms with Gasteiger partial charge in [0.25, 0.3) is 0 Å². The van der Waals surface area contributed by atoms with Crippen molar-refractivity contribution in [2.24, 2.45) is 0 Å². The molecule has 7 heteroatoms. The molecule has 106 valence electrons. The van der Waals surface area contributed by atoms with E-state index in [-0.39, 0.29) is 17.9 Å². The molecule has 2 aromatic rings. The molecule has 2 heterocycles. The first-order valence-corrected chi connectivity index (χ1v) is 6.96. The molecular formula is C13H16BrN5O. The van der Waals surface area contributed by atoms with Crippen LogP contribution in [-0.4, -0.2) is 31.6 Å². The Morgan fingerprint density at radius 2 is 2.15 bits per heavy atom. The number of hydrogen-bond donors (Lipinski definition) is 2. The van der Waals surface area contributed by atoms with Crippen LogP contribution in [0.1, 0.15) is 26.6 Å². The van der Waals surface area contributed by atoms with E-state index in [1.54, 1.807) is 12.4 Å². The fourth-order valence-electron chi connectivity index (χ4n) is 1.65. The molecule has 2 rings (SSSR count). The van der Waals surface area contributed by atoms with E-state index >= 15 is 0 Å². The number of halogens is 1. The third-order valence-corrected chi connectivity index (χ3v) is 2.77. The second-order valence-corrected chi connectivity index (χ2v) is 6.39. The molecule has 0 fully saturated rings. The van der Waals surface area contributed by atoms with Crippen molar-refractivity contribution in [1.82, 2.24) is 25.5 Å². The standard InChI is InChI=1S/C13H16BrN5O/c1-13(2,3)17-11(20)5-10-16-12(19-18-10)8-4-9(14)7-15-6-8/h4,6-7H,5H2,1-3H3,(H,17,20)(H,16,18,19). The van der Waals surface area contributed by atoms with Crippen LogP contribution in [0.25, 0.3) is 11.4 Å². The Labute approximate surface area is 125 Å². The molecule has 0 aliphatic rings. The van der Waals surface area contributed by atoms with Crippen molar-refractivity contribution in [2.45, 2.75) is 32.7 Å². The zero-order valence-electron chi connectivity index (χ0n) is 11.6. The van der Waals surface area contributed by atoms with Crippen molar-refractivity contribution in [1.29, 1.82) is 0 Å². The summed E-state index contributed by atoms with van der Waals surface area (Å²) < 4.78 is 0.854. The van der Waals surface area contributed by atoms with Gasteiger partial charge in [0, 0.05) is 28.0 Å². The van der Waals surface area contributed by atoms with E-state index in [2.05, 4.69) is 41.4 Å². The molecule has 0 unspecified atom stereocenters. The van der Waals surface area contributed by atoms with Gasteiger partial charge in [-0.2, -0.15) is 5.10 Å². The van der Waals surface area contributed by atoms with Gasteiger partial charge >= 0.3 is 0 Å². The first-order chi connectivity index (χ1) is 9.33. The highest BCUT2D eigenvalue weighted by molar-refractivity contribution is 9.10. The number of carbonyl (C=O) groups excluding carboxylic acids is 1. The van der Waals surface area contributed by atoms with Crippen LogP contribution in [0.15, 0.2) is 22.9 Å². The normalized spacial score (nSPS) is 11.4. The van der Waals surface area contributed by atoms with E-state index in [0.29, 0.717) is 11.6 Å². The van der Waals surface area contributed by atoms with E-state index in [0.717, 1.165) is 10.0 Å². The maximum absolute atomic E-state index is 11.8. The zero-order chi connectivity index (χ0) is 14.8. The Bertz CT molecular complexity index is 617. The van der Waals surface area contributed by atoms with Crippen LogP contribution in [0.5, 0.6) is 0 Å². The summed E-state index contributed by atoms with van der Waals surface area (Å²) in [5.74, 6) is 0.964. The molecular weight excluding hydrogens is 322 g/mol. The molecule has 0 aliphatic carbocycles. The van der Waals surface area contributed by atoms with Gasteiger partial charge in [-0.1, -0.05) is 0 Å². The van der Waals surface area contributed by atoms with E-state index in [4.69, 9.17) is 0 Å². The zero-order valence-corrected chi connectivity index (χ0v) is 13.2. The number of nitrogens with zero attached hydrogens (tertiary/aromatic N) is 3. The molecule has 0 aliphatic heterocycles. The number of rotatable bonds is 3. The molecule has 2 N–H and O–H groups in total. The Kier molecular flexibility index (Phi) is 4.17. The van der Waals surface area contributed by atoms with Crippen LogP contribution >= 0.6 is 15.9 Å².